The van der Waals surface area contributed by atoms with Crippen molar-refractivity contribution in [2.45, 2.75) is 38.5 Å². The number of aliphatic imine (C=N–C) groups is 1. The van der Waals surface area contributed by atoms with Crippen molar-refractivity contribution in [2.75, 3.05) is 13.2 Å². The van der Waals surface area contributed by atoms with Crippen molar-refractivity contribution < 1.29 is 23.5 Å². The van der Waals surface area contributed by atoms with Crippen molar-refractivity contribution >= 4 is 23.7 Å². The summed E-state index contributed by atoms with van der Waals surface area (Å²) in [6.07, 6.45) is -0.213. The van der Waals surface area contributed by atoms with Gasteiger partial charge in [-0.1, -0.05) is 30.3 Å². The minimum atomic E-state index is -1.19. The molecule has 2 amide bonds. The number of nitrogens with one attached hydrogen (secondary N) is 2. The Balaban J connectivity index is 2.64. The summed E-state index contributed by atoms with van der Waals surface area (Å²) in [5.74, 6) is -1.48. The number of halogens is 1. The molecule has 28 heavy (non-hydrogen) atoms. The summed E-state index contributed by atoms with van der Waals surface area (Å²) in [7, 11) is 0. The number of nitrogens with two attached hydrogens (primary N) is 2. The molecule has 0 fully saturated rings. The Labute approximate surface area is 162 Å². The Morgan fingerprint density at radius 1 is 1.18 bits per heavy atom. The van der Waals surface area contributed by atoms with Crippen molar-refractivity contribution in [3.8, 4) is 0 Å². The average Bonchev–Trinajstić information content (AvgIpc) is 2.68. The predicted molar refractivity (Wildman–Crippen MR) is 102 cm³/mol. The second kappa shape index (κ2) is 12.3. The summed E-state index contributed by atoms with van der Waals surface area (Å²) in [6, 6.07) is 7.01. The minimum Gasteiger partial charge on any atom is -0.445 e. The summed E-state index contributed by atoms with van der Waals surface area (Å²) >= 11 is 0. The fourth-order valence-electron chi connectivity index (χ4n) is 2.19. The van der Waals surface area contributed by atoms with Gasteiger partial charge in [0.25, 0.3) is 0 Å². The first-order chi connectivity index (χ1) is 13.3. The second-order valence-electron chi connectivity index (χ2n) is 6.04. The number of carbonyl (C=O) groups excluding carboxylic acids is 3. The third-order valence-electron chi connectivity index (χ3n) is 3.74. The molecule has 0 radical (unpaired) electrons. The van der Waals surface area contributed by atoms with Gasteiger partial charge in [0, 0.05) is 6.54 Å². The molecule has 0 aromatic heterocycles. The number of amides is 2. The maximum absolute atomic E-state index is 12.5. The number of benzene rings is 1. The van der Waals surface area contributed by atoms with Crippen molar-refractivity contribution in [3.05, 3.63) is 35.9 Å². The van der Waals surface area contributed by atoms with Gasteiger partial charge in [-0.05, 0) is 25.3 Å². The first kappa shape index (κ1) is 22.9. The van der Waals surface area contributed by atoms with Crippen LogP contribution in [0.25, 0.3) is 0 Å². The SMILES string of the molecule is C[C@H](NC(=O)[C@H](CCCN=C(N)N)NC(=O)OCc1ccccc1)C(=O)CF. The molecule has 0 saturated heterocycles. The monoisotopic (exact) mass is 395 g/mol. The van der Waals surface area contributed by atoms with Crippen LogP contribution >= 0.6 is 0 Å². The van der Waals surface area contributed by atoms with E-state index in [-0.39, 0.29) is 25.5 Å². The predicted octanol–water partition coefficient (Wildman–Crippen LogP) is 0.378. The number of hydrogen-bond acceptors (Lipinski definition) is 5. The summed E-state index contributed by atoms with van der Waals surface area (Å²) in [6.45, 7) is 0.463. The van der Waals surface area contributed by atoms with E-state index in [9.17, 15) is 18.8 Å². The highest BCUT2D eigenvalue weighted by molar-refractivity contribution is 5.92. The Bertz CT molecular complexity index is 680. The van der Waals surface area contributed by atoms with Gasteiger partial charge in [0.05, 0.1) is 6.04 Å². The first-order valence-corrected chi connectivity index (χ1v) is 8.75. The third kappa shape index (κ3) is 8.97. The number of ketones is 1. The van der Waals surface area contributed by atoms with Gasteiger partial charge in [-0.25, -0.2) is 9.18 Å². The summed E-state index contributed by atoms with van der Waals surface area (Å²) in [5, 5.41) is 4.82. The highest BCUT2D eigenvalue weighted by Gasteiger charge is 2.24. The molecular formula is C18H26FN5O4. The number of ether oxygens (including phenoxy) is 1. The molecule has 0 aliphatic rings. The van der Waals surface area contributed by atoms with Crippen molar-refractivity contribution in [1.82, 2.24) is 10.6 Å². The van der Waals surface area contributed by atoms with E-state index in [2.05, 4.69) is 15.6 Å². The molecule has 9 nitrogen and oxygen atoms in total. The smallest absolute Gasteiger partial charge is 0.408 e. The topological polar surface area (TPSA) is 149 Å². The van der Waals surface area contributed by atoms with Crippen LogP contribution in [0.5, 0.6) is 0 Å². The molecule has 10 heteroatoms. The van der Waals surface area contributed by atoms with Crippen LogP contribution in [0.2, 0.25) is 0 Å². The zero-order valence-electron chi connectivity index (χ0n) is 15.7. The normalized spacial score (nSPS) is 12.4. The van der Waals surface area contributed by atoms with E-state index in [0.717, 1.165) is 5.56 Å². The molecule has 0 aliphatic heterocycles. The molecule has 0 spiro atoms. The fraction of sp³-hybridized carbons (Fsp3) is 0.444. The second-order valence-corrected chi connectivity index (χ2v) is 6.04. The molecule has 1 rings (SSSR count). The Kier molecular flexibility index (Phi) is 10.0. The molecule has 0 heterocycles. The number of rotatable bonds is 11. The summed E-state index contributed by atoms with van der Waals surface area (Å²) < 4.78 is 17.6. The summed E-state index contributed by atoms with van der Waals surface area (Å²) in [4.78, 5) is 39.6. The lowest BCUT2D eigenvalue weighted by Gasteiger charge is -2.20. The van der Waals surface area contributed by atoms with Gasteiger partial charge < -0.3 is 26.8 Å². The van der Waals surface area contributed by atoms with Crippen LogP contribution < -0.4 is 22.1 Å². The first-order valence-electron chi connectivity index (χ1n) is 8.75. The Morgan fingerprint density at radius 3 is 2.46 bits per heavy atom. The van der Waals surface area contributed by atoms with Gasteiger partial charge in [-0.2, -0.15) is 0 Å². The number of alkyl halides is 1. The molecule has 0 bridgehead atoms. The van der Waals surface area contributed by atoms with Crippen molar-refractivity contribution in [1.29, 1.82) is 0 Å². The van der Waals surface area contributed by atoms with Crippen LogP contribution in [0.3, 0.4) is 0 Å². The van der Waals surface area contributed by atoms with Crippen LogP contribution in [0, 0.1) is 0 Å². The largest absolute Gasteiger partial charge is 0.445 e. The number of Topliss-reactive ketones (excluding diaryl/α,β-unsaturated/α-hetero) is 1. The van der Waals surface area contributed by atoms with Gasteiger partial charge in [0.15, 0.2) is 11.7 Å². The molecule has 1 aromatic carbocycles. The number of alkyl carbamates (subject to hydrolysis) is 1. The van der Waals surface area contributed by atoms with E-state index >= 15 is 0 Å². The van der Waals surface area contributed by atoms with E-state index in [0.29, 0.717) is 6.42 Å². The van der Waals surface area contributed by atoms with E-state index in [1.54, 1.807) is 24.3 Å². The standard InChI is InChI=1S/C18H26FN5O4/c1-12(15(25)10-19)23-16(26)14(8-5-9-22-17(20)21)24-18(27)28-11-13-6-3-2-4-7-13/h2-4,6-7,12,14H,5,8-11H2,1H3,(H,23,26)(H,24,27)(H4,20,21,22)/t12-,14-/m0/s1. The van der Waals surface area contributed by atoms with Gasteiger partial charge >= 0.3 is 6.09 Å². The zero-order chi connectivity index (χ0) is 20.9. The molecule has 6 N–H and O–H groups in total. The van der Waals surface area contributed by atoms with E-state index in [1.165, 1.54) is 6.92 Å². The summed E-state index contributed by atoms with van der Waals surface area (Å²) in [5.41, 5.74) is 11.3. The number of nitrogens with zero attached hydrogens (tertiary/aromatic N) is 1. The molecule has 0 saturated carbocycles. The highest BCUT2D eigenvalue weighted by Crippen LogP contribution is 2.04. The van der Waals surface area contributed by atoms with Crippen molar-refractivity contribution in [3.63, 3.8) is 0 Å². The van der Waals surface area contributed by atoms with Crippen LogP contribution in [0.1, 0.15) is 25.3 Å². The van der Waals surface area contributed by atoms with Gasteiger partial charge in [-0.15, -0.1) is 0 Å². The number of hydrogen-bond donors (Lipinski definition) is 4. The van der Waals surface area contributed by atoms with E-state index in [1.807, 2.05) is 6.07 Å². The quantitative estimate of drug-likeness (QED) is 0.242. The van der Waals surface area contributed by atoms with Crippen LogP contribution in [-0.4, -0.2) is 49.0 Å². The van der Waals surface area contributed by atoms with E-state index < -0.39 is 36.5 Å². The van der Waals surface area contributed by atoms with Crippen LogP contribution in [-0.2, 0) is 20.9 Å². The third-order valence-corrected chi connectivity index (χ3v) is 3.74. The van der Waals surface area contributed by atoms with Gasteiger partial charge in [-0.3, -0.25) is 14.6 Å². The Hall–Kier alpha value is -3.17. The number of carbonyl (C=O) groups is 3. The van der Waals surface area contributed by atoms with Gasteiger partial charge in [0.1, 0.15) is 19.3 Å². The lowest BCUT2D eigenvalue weighted by Crippen LogP contribution is -2.51. The molecule has 1 aromatic rings. The molecule has 0 aliphatic carbocycles. The maximum atomic E-state index is 12.5. The van der Waals surface area contributed by atoms with E-state index in [4.69, 9.17) is 16.2 Å². The lowest BCUT2D eigenvalue weighted by molar-refractivity contribution is -0.129. The zero-order valence-corrected chi connectivity index (χ0v) is 15.7. The lowest BCUT2D eigenvalue weighted by atomic mass is 10.1. The highest BCUT2D eigenvalue weighted by atomic mass is 19.1. The molecular weight excluding hydrogens is 369 g/mol. The molecule has 0 unspecified atom stereocenters. The minimum absolute atomic E-state index is 0.0335. The van der Waals surface area contributed by atoms with Gasteiger partial charge in [0.2, 0.25) is 5.91 Å². The average molecular weight is 395 g/mol. The fourth-order valence-corrected chi connectivity index (χ4v) is 2.19. The maximum Gasteiger partial charge on any atom is 0.408 e. The van der Waals surface area contributed by atoms with Crippen molar-refractivity contribution in [2.24, 2.45) is 16.5 Å². The molecule has 154 valence electrons. The van der Waals surface area contributed by atoms with Crippen LogP contribution in [0.15, 0.2) is 35.3 Å². The number of guanidine groups is 1. The molecule has 2 atom stereocenters. The Morgan fingerprint density at radius 2 is 1.86 bits per heavy atom. The van der Waals surface area contributed by atoms with Crippen LogP contribution in [0.4, 0.5) is 9.18 Å².